The van der Waals surface area contributed by atoms with E-state index in [1.165, 1.54) is 24.5 Å². The Morgan fingerprint density at radius 2 is 1.93 bits per heavy atom. The lowest BCUT2D eigenvalue weighted by atomic mass is 10.1. The summed E-state index contributed by atoms with van der Waals surface area (Å²) in [4.78, 5) is 4.48. The van der Waals surface area contributed by atoms with Crippen LogP contribution in [0.15, 0.2) is 75.9 Å². The van der Waals surface area contributed by atoms with Gasteiger partial charge < -0.3 is 5.11 Å². The Balaban J connectivity index is 1.83. The van der Waals surface area contributed by atoms with Gasteiger partial charge in [0, 0.05) is 10.8 Å². The van der Waals surface area contributed by atoms with E-state index in [1.807, 2.05) is 0 Å². The number of nitrogens with one attached hydrogen (secondary N) is 3. The van der Waals surface area contributed by atoms with E-state index in [4.69, 9.17) is 4.78 Å². The molecule has 0 spiro atoms. The van der Waals surface area contributed by atoms with Crippen molar-refractivity contribution in [3.8, 4) is 5.75 Å². The van der Waals surface area contributed by atoms with Gasteiger partial charge in [0.15, 0.2) is 15.1 Å². The molecule has 4 aromatic rings. The Bertz CT molecular complexity index is 1260. The third-order valence-corrected chi connectivity index (χ3v) is 6.31. The van der Waals surface area contributed by atoms with Crippen LogP contribution in [-0.4, -0.2) is 24.5 Å². The van der Waals surface area contributed by atoms with Crippen LogP contribution in [0.1, 0.15) is 0 Å². The van der Waals surface area contributed by atoms with Gasteiger partial charge in [0.1, 0.15) is 17.9 Å². The standard InChI is InChI=1S/C18H14FN5O2S2/c19-11-4-3-5-12(8-11)28(20,26)24-15-9-16(27-18-21-10-22-23-18)17(25)14-7-2-1-6-13(14)15/h1-10,25H,(H2,20,24,26)(H,21,22,23). The van der Waals surface area contributed by atoms with E-state index < -0.39 is 15.7 Å². The molecule has 0 aliphatic carbocycles. The van der Waals surface area contributed by atoms with Crippen molar-refractivity contribution in [3.63, 3.8) is 0 Å². The normalized spacial score (nSPS) is 13.3. The predicted octanol–water partition coefficient (Wildman–Crippen LogP) is 4.39. The SMILES string of the molecule is N=S(=O)(Nc1cc(Sc2ncn[nH]2)c(O)c2ccccc12)c1cccc(F)c1. The highest BCUT2D eigenvalue weighted by Crippen LogP contribution is 2.42. The minimum atomic E-state index is -3.54. The zero-order valence-corrected chi connectivity index (χ0v) is 15.9. The number of aromatic amines is 1. The number of aromatic nitrogens is 3. The molecule has 1 unspecified atom stereocenters. The van der Waals surface area contributed by atoms with Crippen molar-refractivity contribution < 1.29 is 13.7 Å². The van der Waals surface area contributed by atoms with Crippen LogP contribution in [0.2, 0.25) is 0 Å². The molecule has 1 heterocycles. The first-order chi connectivity index (χ1) is 13.4. The van der Waals surface area contributed by atoms with Gasteiger partial charge in [-0.3, -0.25) is 9.82 Å². The molecular weight excluding hydrogens is 401 g/mol. The van der Waals surface area contributed by atoms with Crippen LogP contribution in [0.5, 0.6) is 5.75 Å². The average Bonchev–Trinajstić information content (AvgIpc) is 3.18. The topological polar surface area (TPSA) is 115 Å². The molecule has 28 heavy (non-hydrogen) atoms. The maximum absolute atomic E-state index is 13.5. The van der Waals surface area contributed by atoms with Crippen LogP contribution in [-0.2, 0) is 9.92 Å². The molecule has 0 aliphatic rings. The van der Waals surface area contributed by atoms with Gasteiger partial charge in [0.2, 0.25) is 0 Å². The first-order valence-corrected chi connectivity index (χ1v) is 10.4. The molecule has 7 nitrogen and oxygen atoms in total. The molecular formula is C18H14FN5O2S2. The molecule has 0 amide bonds. The summed E-state index contributed by atoms with van der Waals surface area (Å²) < 4.78 is 37.4. The predicted molar refractivity (Wildman–Crippen MR) is 105 cm³/mol. The van der Waals surface area contributed by atoms with Crippen molar-refractivity contribution in [2.75, 3.05) is 4.72 Å². The Hall–Kier alpha value is -3.11. The number of rotatable bonds is 5. The smallest absolute Gasteiger partial charge is 0.188 e. The number of phenolic OH excluding ortho intramolecular Hbond substituents is 1. The van der Waals surface area contributed by atoms with E-state index in [9.17, 15) is 13.7 Å². The fourth-order valence-corrected chi connectivity index (χ4v) is 4.64. The van der Waals surface area contributed by atoms with E-state index >= 15 is 0 Å². The van der Waals surface area contributed by atoms with E-state index in [0.717, 1.165) is 17.8 Å². The second kappa shape index (κ2) is 7.13. The Labute approximate surface area is 164 Å². The molecule has 4 rings (SSSR count). The molecule has 0 saturated heterocycles. The second-order valence-corrected chi connectivity index (χ2v) is 8.64. The zero-order valence-electron chi connectivity index (χ0n) is 14.2. The van der Waals surface area contributed by atoms with E-state index in [0.29, 0.717) is 26.5 Å². The summed E-state index contributed by atoms with van der Waals surface area (Å²) >= 11 is 1.14. The van der Waals surface area contributed by atoms with Crippen molar-refractivity contribution in [1.82, 2.24) is 15.2 Å². The highest BCUT2D eigenvalue weighted by atomic mass is 32.2. The molecule has 142 valence electrons. The van der Waals surface area contributed by atoms with Crippen LogP contribution in [0, 0.1) is 10.6 Å². The monoisotopic (exact) mass is 415 g/mol. The van der Waals surface area contributed by atoms with Crippen molar-refractivity contribution in [1.29, 1.82) is 4.78 Å². The number of H-pyrrole nitrogens is 1. The number of aromatic hydroxyl groups is 1. The summed E-state index contributed by atoms with van der Waals surface area (Å²) in [6.07, 6.45) is 1.35. The van der Waals surface area contributed by atoms with Gasteiger partial charge in [-0.2, -0.15) is 5.10 Å². The van der Waals surface area contributed by atoms with Gasteiger partial charge >= 0.3 is 0 Å². The maximum Gasteiger partial charge on any atom is 0.188 e. The highest BCUT2D eigenvalue weighted by Gasteiger charge is 2.17. The van der Waals surface area contributed by atoms with Crippen LogP contribution in [0.3, 0.4) is 0 Å². The van der Waals surface area contributed by atoms with Crippen LogP contribution in [0.25, 0.3) is 10.8 Å². The first kappa shape index (κ1) is 18.3. The summed E-state index contributed by atoms with van der Waals surface area (Å²) in [6.45, 7) is 0. The molecule has 1 atom stereocenters. The second-order valence-electron chi connectivity index (χ2n) is 5.82. The van der Waals surface area contributed by atoms with Gasteiger partial charge in [-0.1, -0.05) is 30.3 Å². The molecule has 1 aromatic heterocycles. The third-order valence-electron chi connectivity index (χ3n) is 3.96. The number of nitrogens with zero attached hydrogens (tertiary/aromatic N) is 2. The van der Waals surface area contributed by atoms with Crippen molar-refractivity contribution in [2.24, 2.45) is 0 Å². The lowest BCUT2D eigenvalue weighted by Crippen LogP contribution is -2.12. The Morgan fingerprint density at radius 1 is 1.14 bits per heavy atom. The van der Waals surface area contributed by atoms with Crippen LogP contribution >= 0.6 is 11.8 Å². The number of phenols is 1. The molecule has 0 aliphatic heterocycles. The fraction of sp³-hybridized carbons (Fsp3) is 0. The molecule has 4 N–H and O–H groups in total. The molecule has 10 heteroatoms. The van der Waals surface area contributed by atoms with Gasteiger partial charge in [0.05, 0.1) is 15.5 Å². The highest BCUT2D eigenvalue weighted by molar-refractivity contribution is 7.99. The van der Waals surface area contributed by atoms with E-state index in [2.05, 4.69) is 19.9 Å². The summed E-state index contributed by atoms with van der Waals surface area (Å²) in [5, 5.41) is 18.7. The zero-order chi connectivity index (χ0) is 19.7. The van der Waals surface area contributed by atoms with Gasteiger partial charge in [-0.05, 0) is 36.0 Å². The molecule has 0 radical (unpaired) electrons. The molecule has 0 fully saturated rings. The van der Waals surface area contributed by atoms with Gasteiger partial charge in [0.25, 0.3) is 0 Å². The lowest BCUT2D eigenvalue weighted by molar-refractivity contribution is 0.469. The summed E-state index contributed by atoms with van der Waals surface area (Å²) in [6, 6.07) is 13.7. The fourth-order valence-electron chi connectivity index (χ4n) is 2.70. The van der Waals surface area contributed by atoms with E-state index in [1.54, 1.807) is 30.3 Å². The van der Waals surface area contributed by atoms with Gasteiger partial charge in [-0.15, -0.1) is 0 Å². The average molecular weight is 415 g/mol. The summed E-state index contributed by atoms with van der Waals surface area (Å²) in [5.41, 5.74) is 0.375. The van der Waals surface area contributed by atoms with E-state index in [-0.39, 0.29) is 10.6 Å². The number of halogens is 1. The Kier molecular flexibility index (Phi) is 4.65. The number of hydrogen-bond donors (Lipinski definition) is 4. The lowest BCUT2D eigenvalue weighted by Gasteiger charge is -2.16. The maximum atomic E-state index is 13.5. The van der Waals surface area contributed by atoms with Crippen molar-refractivity contribution in [3.05, 3.63) is 66.7 Å². The summed E-state index contributed by atoms with van der Waals surface area (Å²) in [7, 11) is -3.54. The van der Waals surface area contributed by atoms with Crippen LogP contribution in [0.4, 0.5) is 10.1 Å². The van der Waals surface area contributed by atoms with Crippen molar-refractivity contribution in [2.45, 2.75) is 14.9 Å². The summed E-state index contributed by atoms with van der Waals surface area (Å²) in [5.74, 6) is -0.541. The molecule has 0 bridgehead atoms. The van der Waals surface area contributed by atoms with Crippen LogP contribution < -0.4 is 4.72 Å². The van der Waals surface area contributed by atoms with Crippen molar-refractivity contribution >= 4 is 38.1 Å². The number of benzene rings is 3. The third kappa shape index (κ3) is 3.51. The Morgan fingerprint density at radius 3 is 2.64 bits per heavy atom. The minimum Gasteiger partial charge on any atom is -0.506 e. The number of hydrogen-bond acceptors (Lipinski definition) is 6. The quantitative estimate of drug-likeness (QED) is 0.361. The molecule has 3 aromatic carbocycles. The number of fused-ring (bicyclic) bond motifs is 1. The first-order valence-electron chi connectivity index (χ1n) is 8.04. The molecule has 0 saturated carbocycles. The van der Waals surface area contributed by atoms with Gasteiger partial charge in [-0.25, -0.2) is 18.4 Å². The number of anilines is 1. The largest absolute Gasteiger partial charge is 0.506 e. The minimum absolute atomic E-state index is 0.0223.